The number of aliphatic hydroxyl groups is 1. The summed E-state index contributed by atoms with van der Waals surface area (Å²) in [7, 11) is 1.17. The van der Waals surface area contributed by atoms with E-state index in [1.165, 1.54) is 18.1 Å². The number of carbonyl (C=O) groups excluding carboxylic acids is 4. The van der Waals surface area contributed by atoms with Gasteiger partial charge in [-0.3, -0.25) is 14.4 Å². The number of nitrogens with zero attached hydrogens (tertiary/aromatic N) is 1. The number of benzene rings is 1. The summed E-state index contributed by atoms with van der Waals surface area (Å²) in [5.41, 5.74) is -0.193. The predicted octanol–water partition coefficient (Wildman–Crippen LogP) is 0.908. The first-order valence-corrected chi connectivity index (χ1v) is 10.9. The lowest BCUT2D eigenvalue weighted by atomic mass is 9.99. The molecule has 188 valence electrons. The van der Waals surface area contributed by atoms with Crippen molar-refractivity contribution >= 4 is 23.9 Å². The molecule has 1 aliphatic carbocycles. The minimum atomic E-state index is -1.39. The molecular weight excluding hydrogens is 446 g/mol. The van der Waals surface area contributed by atoms with Gasteiger partial charge in [-0.25, -0.2) is 4.79 Å². The van der Waals surface area contributed by atoms with E-state index in [9.17, 15) is 29.4 Å². The highest BCUT2D eigenvalue weighted by Gasteiger charge is 2.45. The quantitative estimate of drug-likeness (QED) is 0.381. The van der Waals surface area contributed by atoms with Gasteiger partial charge < -0.3 is 35.2 Å². The van der Waals surface area contributed by atoms with Gasteiger partial charge in [-0.15, -0.1) is 0 Å². The molecule has 1 fully saturated rings. The largest absolute Gasteiger partial charge is 0.507 e. The number of esters is 1. The van der Waals surface area contributed by atoms with Crippen molar-refractivity contribution in [1.29, 1.82) is 0 Å². The summed E-state index contributed by atoms with van der Waals surface area (Å²) in [6.45, 7) is 5.43. The van der Waals surface area contributed by atoms with Crippen LogP contribution in [0.4, 0.5) is 4.79 Å². The summed E-state index contributed by atoms with van der Waals surface area (Å²) < 4.78 is 9.74. The molecule has 3 amide bonds. The molecule has 4 N–H and O–H groups in total. The standard InChI is InChI=1S/C23H33N3O8/c1-13-7-6-8-15(19(13)29)18(20(30)24-11-17(28)33-5)26(14-9-10-14)21(31)16(12-27)25-22(32)34-23(2,3)4/h6-8,14,16,18,27,29H,9-12H2,1-5H3,(H,24,30)(H,25,32). The maximum Gasteiger partial charge on any atom is 0.408 e. The van der Waals surface area contributed by atoms with Crippen LogP contribution in [0.25, 0.3) is 0 Å². The minimum absolute atomic E-state index is 0.150. The summed E-state index contributed by atoms with van der Waals surface area (Å²) in [6.07, 6.45) is 0.272. The van der Waals surface area contributed by atoms with E-state index in [-0.39, 0.29) is 17.4 Å². The van der Waals surface area contributed by atoms with Gasteiger partial charge in [-0.2, -0.15) is 0 Å². The van der Waals surface area contributed by atoms with Crippen LogP contribution in [0.1, 0.15) is 50.8 Å². The Labute approximate surface area is 198 Å². The summed E-state index contributed by atoms with van der Waals surface area (Å²) >= 11 is 0. The van der Waals surface area contributed by atoms with Gasteiger partial charge in [-0.1, -0.05) is 18.2 Å². The number of methoxy groups -OCH3 is 1. The number of rotatable bonds is 9. The summed E-state index contributed by atoms with van der Waals surface area (Å²) in [5, 5.41) is 25.3. The number of para-hydroxylation sites is 1. The Morgan fingerprint density at radius 3 is 2.38 bits per heavy atom. The fourth-order valence-electron chi connectivity index (χ4n) is 3.33. The van der Waals surface area contributed by atoms with Gasteiger partial charge in [0.25, 0.3) is 0 Å². The Kier molecular flexibility index (Phi) is 8.86. The third-order valence-corrected chi connectivity index (χ3v) is 5.09. The number of hydrogen-bond acceptors (Lipinski definition) is 8. The minimum Gasteiger partial charge on any atom is -0.507 e. The molecule has 2 atom stereocenters. The molecule has 0 bridgehead atoms. The maximum atomic E-state index is 13.5. The molecule has 2 rings (SSSR count). The molecule has 0 aliphatic heterocycles. The normalized spacial score (nSPS) is 15.0. The fourth-order valence-corrected chi connectivity index (χ4v) is 3.33. The van der Waals surface area contributed by atoms with E-state index >= 15 is 0 Å². The Morgan fingerprint density at radius 1 is 1.21 bits per heavy atom. The van der Waals surface area contributed by atoms with Crippen LogP contribution in [-0.4, -0.2) is 76.9 Å². The first kappa shape index (κ1) is 26.9. The zero-order valence-corrected chi connectivity index (χ0v) is 20.1. The predicted molar refractivity (Wildman–Crippen MR) is 121 cm³/mol. The summed E-state index contributed by atoms with van der Waals surface area (Å²) in [5.74, 6) is -2.32. The molecule has 0 spiro atoms. The van der Waals surface area contributed by atoms with E-state index < -0.39 is 54.7 Å². The first-order chi connectivity index (χ1) is 15.9. The summed E-state index contributed by atoms with van der Waals surface area (Å²) in [4.78, 5) is 51.8. The molecule has 11 nitrogen and oxygen atoms in total. The number of phenolic OH excluding ortho intramolecular Hbond substituents is 1. The van der Waals surface area contributed by atoms with Crippen molar-refractivity contribution in [1.82, 2.24) is 15.5 Å². The van der Waals surface area contributed by atoms with Gasteiger partial charge in [0.2, 0.25) is 11.8 Å². The van der Waals surface area contributed by atoms with Crippen LogP contribution < -0.4 is 10.6 Å². The number of carbonyl (C=O) groups is 4. The van der Waals surface area contributed by atoms with E-state index in [2.05, 4.69) is 15.4 Å². The van der Waals surface area contributed by atoms with E-state index in [1.54, 1.807) is 39.8 Å². The van der Waals surface area contributed by atoms with Crippen LogP contribution in [-0.2, 0) is 23.9 Å². The van der Waals surface area contributed by atoms with E-state index in [0.29, 0.717) is 18.4 Å². The molecule has 11 heteroatoms. The highest BCUT2D eigenvalue weighted by atomic mass is 16.6. The van der Waals surface area contributed by atoms with Crippen LogP contribution in [0.15, 0.2) is 18.2 Å². The van der Waals surface area contributed by atoms with E-state index in [0.717, 1.165) is 0 Å². The van der Waals surface area contributed by atoms with Crippen molar-refractivity contribution in [2.75, 3.05) is 20.3 Å². The molecule has 0 radical (unpaired) electrons. The average molecular weight is 480 g/mol. The topological polar surface area (TPSA) is 154 Å². The van der Waals surface area contributed by atoms with Gasteiger partial charge in [0.1, 0.15) is 30.0 Å². The molecule has 34 heavy (non-hydrogen) atoms. The molecule has 1 aliphatic rings. The zero-order valence-electron chi connectivity index (χ0n) is 20.1. The summed E-state index contributed by atoms with van der Waals surface area (Å²) in [6, 6.07) is 1.70. The molecule has 1 aromatic rings. The zero-order chi connectivity index (χ0) is 25.6. The van der Waals surface area contributed by atoms with Crippen molar-refractivity contribution < 1.29 is 38.9 Å². The van der Waals surface area contributed by atoms with Crippen LogP contribution in [0.2, 0.25) is 0 Å². The molecule has 0 aromatic heterocycles. The number of hydrogen-bond donors (Lipinski definition) is 4. The third-order valence-electron chi connectivity index (χ3n) is 5.09. The second-order valence-corrected chi connectivity index (χ2v) is 9.07. The number of aromatic hydroxyl groups is 1. The number of alkyl carbamates (subject to hydrolysis) is 1. The van der Waals surface area contributed by atoms with E-state index in [1.807, 2.05) is 0 Å². The Morgan fingerprint density at radius 2 is 1.85 bits per heavy atom. The second kappa shape index (κ2) is 11.2. The van der Waals surface area contributed by atoms with Crippen molar-refractivity contribution in [3.63, 3.8) is 0 Å². The van der Waals surface area contributed by atoms with Gasteiger partial charge >= 0.3 is 12.1 Å². The Hall–Kier alpha value is -3.34. The van der Waals surface area contributed by atoms with Gasteiger partial charge in [0, 0.05) is 11.6 Å². The van der Waals surface area contributed by atoms with Gasteiger partial charge in [-0.05, 0) is 46.1 Å². The lowest BCUT2D eigenvalue weighted by Crippen LogP contribution is -2.55. The molecular formula is C23H33N3O8. The van der Waals surface area contributed by atoms with Crippen LogP contribution in [0.3, 0.4) is 0 Å². The second-order valence-electron chi connectivity index (χ2n) is 9.07. The third kappa shape index (κ3) is 7.08. The van der Waals surface area contributed by atoms with Crippen LogP contribution in [0.5, 0.6) is 5.75 Å². The van der Waals surface area contributed by atoms with Gasteiger partial charge in [0.15, 0.2) is 0 Å². The highest BCUT2D eigenvalue weighted by molar-refractivity contribution is 5.94. The van der Waals surface area contributed by atoms with Crippen molar-refractivity contribution in [2.24, 2.45) is 0 Å². The maximum absolute atomic E-state index is 13.5. The van der Waals surface area contributed by atoms with Crippen molar-refractivity contribution in [3.8, 4) is 5.75 Å². The number of phenols is 1. The molecule has 1 saturated carbocycles. The smallest absolute Gasteiger partial charge is 0.408 e. The van der Waals surface area contributed by atoms with Crippen molar-refractivity contribution in [3.05, 3.63) is 29.3 Å². The molecule has 1 aromatic carbocycles. The lowest BCUT2D eigenvalue weighted by Gasteiger charge is -2.34. The molecule has 0 saturated heterocycles. The van der Waals surface area contributed by atoms with Crippen molar-refractivity contribution in [2.45, 2.75) is 64.3 Å². The Bertz CT molecular complexity index is 923. The SMILES string of the molecule is COC(=O)CNC(=O)C(c1cccc(C)c1O)N(C(=O)C(CO)NC(=O)OC(C)(C)C)C1CC1. The number of aliphatic hydroxyl groups excluding tert-OH is 1. The van der Waals surface area contributed by atoms with Gasteiger partial charge in [0.05, 0.1) is 13.7 Å². The van der Waals surface area contributed by atoms with Crippen LogP contribution >= 0.6 is 0 Å². The number of ether oxygens (including phenoxy) is 2. The average Bonchev–Trinajstić information content (AvgIpc) is 3.59. The molecule has 2 unspecified atom stereocenters. The van der Waals surface area contributed by atoms with Crippen LogP contribution in [0, 0.1) is 6.92 Å². The Balaban J connectivity index is 2.42. The lowest BCUT2D eigenvalue weighted by molar-refractivity contribution is -0.145. The highest BCUT2D eigenvalue weighted by Crippen LogP contribution is 2.39. The number of aryl methyl sites for hydroxylation is 1. The number of nitrogens with one attached hydrogen (secondary N) is 2. The number of amides is 3. The van der Waals surface area contributed by atoms with E-state index in [4.69, 9.17) is 4.74 Å². The monoisotopic (exact) mass is 479 g/mol. The molecule has 0 heterocycles. The fraction of sp³-hybridized carbons (Fsp3) is 0.565. The first-order valence-electron chi connectivity index (χ1n) is 10.9.